The summed E-state index contributed by atoms with van der Waals surface area (Å²) in [6.45, 7) is 0. The van der Waals surface area contributed by atoms with Gasteiger partial charge in [-0.3, -0.25) is 0 Å². The Morgan fingerprint density at radius 3 is 2.62 bits per heavy atom. The lowest BCUT2D eigenvalue weighted by molar-refractivity contribution is 0.599. The van der Waals surface area contributed by atoms with Gasteiger partial charge < -0.3 is 0 Å². The van der Waals surface area contributed by atoms with E-state index in [0.717, 1.165) is 5.56 Å². The van der Waals surface area contributed by atoms with Gasteiger partial charge in [-0.05, 0) is 23.6 Å². The van der Waals surface area contributed by atoms with Crippen molar-refractivity contribution in [3.63, 3.8) is 0 Å². The van der Waals surface area contributed by atoms with E-state index >= 15 is 0 Å². The Kier molecular flexibility index (Phi) is 2.76. The van der Waals surface area contributed by atoms with E-state index in [-0.39, 0.29) is 16.4 Å². The molecule has 0 saturated heterocycles. The molecule has 0 aromatic heterocycles. The Morgan fingerprint density at radius 1 is 1.31 bits per heavy atom. The van der Waals surface area contributed by atoms with Gasteiger partial charge in [-0.2, -0.15) is 0 Å². The second-order valence-corrected chi connectivity index (χ2v) is 8.55. The van der Waals surface area contributed by atoms with Gasteiger partial charge in [0.1, 0.15) is 0 Å². The van der Waals surface area contributed by atoms with Gasteiger partial charge in [-0.25, -0.2) is 16.8 Å². The highest BCUT2D eigenvalue weighted by molar-refractivity contribution is 8.13. The Hall–Kier alpha value is -0.590. The van der Waals surface area contributed by atoms with Crippen LogP contribution in [0.1, 0.15) is 11.1 Å². The van der Waals surface area contributed by atoms with Gasteiger partial charge in [-0.1, -0.05) is 12.1 Å². The van der Waals surface area contributed by atoms with Crippen molar-refractivity contribution in [3.05, 3.63) is 29.3 Å². The molecule has 16 heavy (non-hydrogen) atoms. The molecule has 0 atom stereocenters. The Morgan fingerprint density at radius 2 is 2.00 bits per heavy atom. The zero-order chi connectivity index (χ0) is 12.0. The van der Waals surface area contributed by atoms with Crippen molar-refractivity contribution in [2.75, 3.05) is 5.75 Å². The van der Waals surface area contributed by atoms with Crippen molar-refractivity contribution in [2.24, 2.45) is 0 Å². The average Bonchev–Trinajstić information content (AvgIpc) is 2.40. The lowest BCUT2D eigenvalue weighted by Crippen LogP contribution is -2.01. The van der Waals surface area contributed by atoms with Crippen molar-refractivity contribution in [3.8, 4) is 0 Å². The molecule has 0 spiro atoms. The molecule has 0 amide bonds. The SMILES string of the molecule is O=S(=O)(Cl)Cc1ccc2c(c1)S(=O)(=O)CC2. The largest absolute Gasteiger partial charge is 0.236 e. The number of hydrogen-bond acceptors (Lipinski definition) is 4. The summed E-state index contributed by atoms with van der Waals surface area (Å²) < 4.78 is 44.9. The fraction of sp³-hybridized carbons (Fsp3) is 0.333. The maximum Gasteiger partial charge on any atom is 0.236 e. The highest BCUT2D eigenvalue weighted by atomic mass is 35.7. The van der Waals surface area contributed by atoms with E-state index in [1.165, 1.54) is 6.07 Å². The monoisotopic (exact) mass is 280 g/mol. The van der Waals surface area contributed by atoms with E-state index < -0.39 is 18.9 Å². The molecule has 0 N–H and O–H groups in total. The molecule has 1 heterocycles. The zero-order valence-electron chi connectivity index (χ0n) is 8.18. The predicted molar refractivity (Wildman–Crippen MR) is 60.7 cm³/mol. The van der Waals surface area contributed by atoms with Crippen molar-refractivity contribution in [1.82, 2.24) is 0 Å². The summed E-state index contributed by atoms with van der Waals surface area (Å²) in [7, 11) is -1.76. The van der Waals surface area contributed by atoms with Crippen LogP contribution in [0.4, 0.5) is 0 Å². The molecule has 7 heteroatoms. The number of hydrogen-bond donors (Lipinski definition) is 0. The van der Waals surface area contributed by atoms with E-state index in [9.17, 15) is 16.8 Å². The van der Waals surface area contributed by atoms with Crippen LogP contribution in [0.2, 0.25) is 0 Å². The van der Waals surface area contributed by atoms with E-state index in [1.54, 1.807) is 12.1 Å². The van der Waals surface area contributed by atoms with Crippen LogP contribution >= 0.6 is 10.7 Å². The third kappa shape index (κ3) is 2.39. The van der Waals surface area contributed by atoms with Crippen molar-refractivity contribution < 1.29 is 16.8 Å². The quantitative estimate of drug-likeness (QED) is 0.761. The normalized spacial score (nSPS) is 18.3. The molecule has 88 valence electrons. The second-order valence-electron chi connectivity index (χ2n) is 3.69. The first-order valence-corrected chi connectivity index (χ1v) is 8.68. The van der Waals surface area contributed by atoms with Crippen molar-refractivity contribution >= 4 is 29.6 Å². The first-order chi connectivity index (χ1) is 7.28. The number of aryl methyl sites for hydroxylation is 1. The maximum absolute atomic E-state index is 11.6. The van der Waals surface area contributed by atoms with Crippen LogP contribution in [0, 0.1) is 0 Å². The van der Waals surface area contributed by atoms with E-state index in [4.69, 9.17) is 10.7 Å². The third-order valence-electron chi connectivity index (χ3n) is 2.45. The van der Waals surface area contributed by atoms with Crippen LogP contribution in [0.3, 0.4) is 0 Å². The van der Waals surface area contributed by atoms with Crippen molar-refractivity contribution in [2.45, 2.75) is 17.1 Å². The van der Waals surface area contributed by atoms with Crippen LogP contribution in [-0.4, -0.2) is 22.6 Å². The van der Waals surface area contributed by atoms with Gasteiger partial charge in [0.15, 0.2) is 9.84 Å². The maximum atomic E-state index is 11.6. The van der Waals surface area contributed by atoms with E-state index in [0.29, 0.717) is 12.0 Å². The summed E-state index contributed by atoms with van der Waals surface area (Å²) in [4.78, 5) is 0.241. The lowest BCUT2D eigenvalue weighted by atomic mass is 10.1. The van der Waals surface area contributed by atoms with E-state index in [2.05, 4.69) is 0 Å². The number of sulfone groups is 1. The van der Waals surface area contributed by atoms with Gasteiger partial charge in [0.25, 0.3) is 0 Å². The number of rotatable bonds is 2. The molecule has 0 fully saturated rings. The topological polar surface area (TPSA) is 68.3 Å². The lowest BCUT2D eigenvalue weighted by Gasteiger charge is -2.02. The van der Waals surface area contributed by atoms with Gasteiger partial charge in [0.2, 0.25) is 9.05 Å². The van der Waals surface area contributed by atoms with E-state index in [1.807, 2.05) is 0 Å². The Bertz CT molecular complexity index is 631. The summed E-state index contributed by atoms with van der Waals surface area (Å²) >= 11 is 0. The average molecular weight is 281 g/mol. The zero-order valence-corrected chi connectivity index (χ0v) is 10.6. The highest BCUT2D eigenvalue weighted by Crippen LogP contribution is 2.27. The van der Waals surface area contributed by atoms with Crippen LogP contribution in [0.5, 0.6) is 0 Å². The van der Waals surface area contributed by atoms with Gasteiger partial charge in [-0.15, -0.1) is 0 Å². The standard InChI is InChI=1S/C9H9ClO4S2/c10-16(13,14)6-7-1-2-8-3-4-15(11,12)9(8)5-7/h1-2,5H,3-4,6H2. The van der Waals surface area contributed by atoms with Gasteiger partial charge in [0.05, 0.1) is 16.4 Å². The molecule has 1 aliphatic rings. The molecule has 0 radical (unpaired) electrons. The van der Waals surface area contributed by atoms with Gasteiger partial charge >= 0.3 is 0 Å². The third-order valence-corrected chi connectivity index (χ3v) is 5.24. The molecule has 1 aromatic rings. The molecule has 0 saturated carbocycles. The number of benzene rings is 1. The van der Waals surface area contributed by atoms with Crippen molar-refractivity contribution in [1.29, 1.82) is 0 Å². The summed E-state index contributed by atoms with van der Waals surface area (Å²) in [5.41, 5.74) is 1.15. The second kappa shape index (κ2) is 3.72. The van der Waals surface area contributed by atoms with Crippen LogP contribution in [0.25, 0.3) is 0 Å². The summed E-state index contributed by atoms with van der Waals surface area (Å²) in [5.74, 6) is -0.253. The molecule has 1 aliphatic heterocycles. The fourth-order valence-corrected chi connectivity index (χ4v) is 4.30. The Labute approximate surface area is 98.6 Å². The first kappa shape index (κ1) is 11.9. The first-order valence-electron chi connectivity index (χ1n) is 4.55. The minimum atomic E-state index is -3.65. The molecule has 0 bridgehead atoms. The molecule has 0 unspecified atom stereocenters. The number of fused-ring (bicyclic) bond motifs is 1. The molecule has 2 rings (SSSR count). The van der Waals surface area contributed by atoms with Crippen LogP contribution < -0.4 is 0 Å². The highest BCUT2D eigenvalue weighted by Gasteiger charge is 2.26. The molecular weight excluding hydrogens is 272 g/mol. The minimum Gasteiger partial charge on any atom is -0.224 e. The molecule has 4 nitrogen and oxygen atoms in total. The van der Waals surface area contributed by atoms with Crippen LogP contribution in [-0.2, 0) is 31.1 Å². The predicted octanol–water partition coefficient (Wildman–Crippen LogP) is 1.09. The van der Waals surface area contributed by atoms with Gasteiger partial charge in [0, 0.05) is 10.7 Å². The summed E-state index contributed by atoms with van der Waals surface area (Å²) in [5, 5.41) is 0. The Balaban J connectivity index is 2.48. The van der Waals surface area contributed by atoms with Crippen LogP contribution in [0.15, 0.2) is 23.1 Å². The molecule has 0 aliphatic carbocycles. The smallest absolute Gasteiger partial charge is 0.224 e. The minimum absolute atomic E-state index is 0.0966. The fourth-order valence-electron chi connectivity index (χ4n) is 1.74. The summed E-state index contributed by atoms with van der Waals surface area (Å²) in [6.07, 6.45) is 0.492. The molecule has 1 aromatic carbocycles. The molecular formula is C9H9ClO4S2. The number of halogens is 1. The summed E-state index contributed by atoms with van der Waals surface area (Å²) in [6, 6.07) is 4.65.